The Morgan fingerprint density at radius 3 is 2.78 bits per heavy atom. The second-order valence-corrected chi connectivity index (χ2v) is 3.58. The van der Waals surface area contributed by atoms with Crippen LogP contribution in [-0.4, -0.2) is 30.6 Å². The molecule has 2 amide bonds. The van der Waals surface area contributed by atoms with Gasteiger partial charge in [-0.2, -0.15) is 5.26 Å². The standard InChI is InChI=1S/C13H17N3O2/c1-3-16(4-2)13(17)15-11-6-5-7-12(10-11)18-9-8-14/h5-7,10H,3-4,9H2,1-2H3,(H,15,17). The van der Waals surface area contributed by atoms with Gasteiger partial charge >= 0.3 is 6.03 Å². The van der Waals surface area contributed by atoms with Gasteiger partial charge in [-0.25, -0.2) is 4.79 Å². The number of hydrogen-bond donors (Lipinski definition) is 1. The fourth-order valence-electron chi connectivity index (χ4n) is 1.49. The summed E-state index contributed by atoms with van der Waals surface area (Å²) in [7, 11) is 0. The molecule has 0 bridgehead atoms. The van der Waals surface area contributed by atoms with Crippen molar-refractivity contribution in [2.75, 3.05) is 25.0 Å². The minimum absolute atomic E-state index is 0.00650. The molecule has 0 atom stereocenters. The number of amides is 2. The van der Waals surface area contributed by atoms with Gasteiger partial charge in [0.05, 0.1) is 0 Å². The minimum atomic E-state index is -0.141. The van der Waals surface area contributed by atoms with Crippen molar-refractivity contribution in [3.05, 3.63) is 24.3 Å². The van der Waals surface area contributed by atoms with Crippen LogP contribution in [0.3, 0.4) is 0 Å². The SMILES string of the molecule is CCN(CC)C(=O)Nc1cccc(OCC#N)c1. The number of hydrogen-bond acceptors (Lipinski definition) is 3. The van der Waals surface area contributed by atoms with Crippen LogP contribution in [0.2, 0.25) is 0 Å². The smallest absolute Gasteiger partial charge is 0.321 e. The molecule has 1 rings (SSSR count). The number of benzene rings is 1. The second-order valence-electron chi connectivity index (χ2n) is 3.58. The monoisotopic (exact) mass is 247 g/mol. The number of nitrogens with one attached hydrogen (secondary N) is 1. The largest absolute Gasteiger partial charge is 0.479 e. The van der Waals surface area contributed by atoms with Crippen LogP contribution in [0.15, 0.2) is 24.3 Å². The van der Waals surface area contributed by atoms with Gasteiger partial charge in [-0.15, -0.1) is 0 Å². The zero-order valence-corrected chi connectivity index (χ0v) is 10.6. The molecule has 0 fully saturated rings. The van der Waals surface area contributed by atoms with Crippen molar-refractivity contribution in [2.45, 2.75) is 13.8 Å². The van der Waals surface area contributed by atoms with Crippen molar-refractivity contribution in [2.24, 2.45) is 0 Å². The fourth-order valence-corrected chi connectivity index (χ4v) is 1.49. The number of rotatable bonds is 5. The number of nitriles is 1. The molecule has 0 saturated heterocycles. The maximum absolute atomic E-state index is 11.8. The molecule has 0 heterocycles. The lowest BCUT2D eigenvalue weighted by Crippen LogP contribution is -2.34. The van der Waals surface area contributed by atoms with Gasteiger partial charge in [0, 0.05) is 24.8 Å². The van der Waals surface area contributed by atoms with E-state index in [-0.39, 0.29) is 12.6 Å². The fraction of sp³-hybridized carbons (Fsp3) is 0.385. The zero-order valence-electron chi connectivity index (χ0n) is 10.6. The first-order chi connectivity index (χ1) is 8.71. The van der Waals surface area contributed by atoms with Crippen LogP contribution < -0.4 is 10.1 Å². The number of ether oxygens (including phenoxy) is 1. The quantitative estimate of drug-likeness (QED) is 0.869. The van der Waals surface area contributed by atoms with E-state index < -0.39 is 0 Å². The molecule has 0 spiro atoms. The summed E-state index contributed by atoms with van der Waals surface area (Å²) in [6, 6.07) is 8.73. The Balaban J connectivity index is 2.67. The maximum atomic E-state index is 11.8. The summed E-state index contributed by atoms with van der Waals surface area (Å²) < 4.78 is 5.16. The number of carbonyl (C=O) groups excluding carboxylic acids is 1. The van der Waals surface area contributed by atoms with Crippen LogP contribution in [0.25, 0.3) is 0 Å². The van der Waals surface area contributed by atoms with Gasteiger partial charge in [0.15, 0.2) is 6.61 Å². The third-order valence-corrected chi connectivity index (χ3v) is 2.44. The molecule has 0 aliphatic carbocycles. The molecule has 0 radical (unpaired) electrons. The summed E-state index contributed by atoms with van der Waals surface area (Å²) in [6.45, 7) is 5.17. The van der Waals surface area contributed by atoms with Crippen molar-refractivity contribution in [3.63, 3.8) is 0 Å². The summed E-state index contributed by atoms with van der Waals surface area (Å²) in [5.74, 6) is 0.564. The molecular formula is C13H17N3O2. The van der Waals surface area contributed by atoms with E-state index in [2.05, 4.69) is 5.32 Å². The molecule has 1 aromatic carbocycles. The van der Waals surface area contributed by atoms with Gasteiger partial charge < -0.3 is 15.0 Å². The van der Waals surface area contributed by atoms with E-state index in [1.165, 1.54) is 0 Å². The van der Waals surface area contributed by atoms with Crippen molar-refractivity contribution in [3.8, 4) is 11.8 Å². The molecule has 96 valence electrons. The first-order valence-electron chi connectivity index (χ1n) is 5.87. The molecule has 0 aromatic heterocycles. The van der Waals surface area contributed by atoms with E-state index in [1.807, 2.05) is 19.9 Å². The van der Waals surface area contributed by atoms with E-state index in [0.29, 0.717) is 24.5 Å². The normalized spacial score (nSPS) is 9.39. The predicted octanol–water partition coefficient (Wildman–Crippen LogP) is 2.46. The average Bonchev–Trinajstić information content (AvgIpc) is 2.38. The van der Waals surface area contributed by atoms with E-state index >= 15 is 0 Å². The van der Waals surface area contributed by atoms with Gasteiger partial charge in [0.1, 0.15) is 11.8 Å². The lowest BCUT2D eigenvalue weighted by molar-refractivity contribution is 0.217. The Kier molecular flexibility index (Phi) is 5.52. The molecule has 18 heavy (non-hydrogen) atoms. The van der Waals surface area contributed by atoms with Crippen LogP contribution in [0, 0.1) is 11.3 Å². The lowest BCUT2D eigenvalue weighted by Gasteiger charge is -2.19. The summed E-state index contributed by atoms with van der Waals surface area (Å²) in [6.07, 6.45) is 0. The Morgan fingerprint density at radius 2 is 2.17 bits per heavy atom. The highest BCUT2D eigenvalue weighted by atomic mass is 16.5. The molecule has 1 N–H and O–H groups in total. The van der Waals surface area contributed by atoms with Crippen LogP contribution in [0.5, 0.6) is 5.75 Å². The van der Waals surface area contributed by atoms with Crippen molar-refractivity contribution < 1.29 is 9.53 Å². The van der Waals surface area contributed by atoms with Crippen LogP contribution >= 0.6 is 0 Å². The van der Waals surface area contributed by atoms with Crippen LogP contribution in [-0.2, 0) is 0 Å². The number of urea groups is 1. The molecular weight excluding hydrogens is 230 g/mol. The molecule has 0 saturated carbocycles. The van der Waals surface area contributed by atoms with E-state index in [1.54, 1.807) is 29.2 Å². The van der Waals surface area contributed by atoms with E-state index in [9.17, 15) is 4.79 Å². The predicted molar refractivity (Wildman–Crippen MR) is 69.5 cm³/mol. The highest BCUT2D eigenvalue weighted by Crippen LogP contribution is 2.17. The maximum Gasteiger partial charge on any atom is 0.321 e. The van der Waals surface area contributed by atoms with Crippen molar-refractivity contribution in [1.82, 2.24) is 4.90 Å². The van der Waals surface area contributed by atoms with E-state index in [4.69, 9.17) is 10.00 Å². The summed E-state index contributed by atoms with van der Waals surface area (Å²) in [4.78, 5) is 13.5. The number of anilines is 1. The molecule has 1 aromatic rings. The number of nitrogens with zero attached hydrogens (tertiary/aromatic N) is 2. The highest BCUT2D eigenvalue weighted by Gasteiger charge is 2.09. The van der Waals surface area contributed by atoms with E-state index in [0.717, 1.165) is 0 Å². The molecule has 0 aliphatic rings. The Hall–Kier alpha value is -2.22. The van der Waals surface area contributed by atoms with Gasteiger partial charge in [-0.3, -0.25) is 0 Å². The second kappa shape index (κ2) is 7.17. The Bertz CT molecular complexity index is 436. The summed E-state index contributed by atoms with van der Waals surface area (Å²) in [5.41, 5.74) is 0.655. The molecule has 5 nitrogen and oxygen atoms in total. The Labute approximate surface area is 107 Å². The van der Waals surface area contributed by atoms with Gasteiger partial charge in [0.2, 0.25) is 0 Å². The Morgan fingerprint density at radius 1 is 1.44 bits per heavy atom. The molecule has 0 unspecified atom stereocenters. The lowest BCUT2D eigenvalue weighted by atomic mass is 10.3. The highest BCUT2D eigenvalue weighted by molar-refractivity contribution is 5.89. The van der Waals surface area contributed by atoms with Crippen molar-refractivity contribution in [1.29, 1.82) is 5.26 Å². The first kappa shape index (κ1) is 13.8. The molecule has 5 heteroatoms. The van der Waals surface area contributed by atoms with Crippen LogP contribution in [0.4, 0.5) is 10.5 Å². The van der Waals surface area contributed by atoms with Crippen LogP contribution in [0.1, 0.15) is 13.8 Å². The zero-order chi connectivity index (χ0) is 13.4. The number of carbonyl (C=O) groups is 1. The summed E-state index contributed by atoms with van der Waals surface area (Å²) >= 11 is 0. The minimum Gasteiger partial charge on any atom is -0.479 e. The average molecular weight is 247 g/mol. The summed E-state index contributed by atoms with van der Waals surface area (Å²) in [5, 5.41) is 11.2. The van der Waals surface area contributed by atoms with Gasteiger partial charge in [0.25, 0.3) is 0 Å². The van der Waals surface area contributed by atoms with Crippen molar-refractivity contribution >= 4 is 11.7 Å². The first-order valence-corrected chi connectivity index (χ1v) is 5.87. The topological polar surface area (TPSA) is 65.4 Å². The van der Waals surface area contributed by atoms with Gasteiger partial charge in [-0.05, 0) is 26.0 Å². The van der Waals surface area contributed by atoms with Gasteiger partial charge in [-0.1, -0.05) is 6.07 Å². The molecule has 0 aliphatic heterocycles. The third kappa shape index (κ3) is 3.98. The third-order valence-electron chi connectivity index (χ3n) is 2.44.